The van der Waals surface area contributed by atoms with Crippen molar-refractivity contribution in [1.29, 1.82) is 0 Å². The number of piperazine rings is 1. The number of hydrogen-bond donors (Lipinski definition) is 0. The normalized spacial score (nSPS) is 21.9. The largest absolute Gasteiger partial charge is 0.353 e. The van der Waals surface area contributed by atoms with Gasteiger partial charge in [-0.2, -0.15) is 0 Å². The fourth-order valence-electron chi connectivity index (χ4n) is 3.57. The number of carbonyl (C=O) groups is 1. The van der Waals surface area contributed by atoms with Crippen molar-refractivity contribution < 1.29 is 9.18 Å². The van der Waals surface area contributed by atoms with Crippen LogP contribution in [0.15, 0.2) is 40.1 Å². The molecule has 0 aromatic heterocycles. The van der Waals surface area contributed by atoms with Crippen molar-refractivity contribution in [2.45, 2.75) is 26.3 Å². The maximum absolute atomic E-state index is 13.8. The fourth-order valence-corrected chi connectivity index (χ4v) is 3.57. The van der Waals surface area contributed by atoms with Gasteiger partial charge in [0.15, 0.2) is 0 Å². The number of carbonyl (C=O) groups excluding carboxylic acids is 1. The molecule has 0 aliphatic carbocycles. The Bertz CT molecular complexity index is 839. The molecule has 0 unspecified atom stereocenters. The lowest BCUT2D eigenvalue weighted by atomic mass is 10.1. The average Bonchev–Trinajstić information content (AvgIpc) is 3.12. The van der Waals surface area contributed by atoms with Crippen LogP contribution in [-0.2, 0) is 0 Å². The Labute approximate surface area is 158 Å². The van der Waals surface area contributed by atoms with Gasteiger partial charge in [-0.3, -0.25) is 9.79 Å². The van der Waals surface area contributed by atoms with Crippen molar-refractivity contribution >= 4 is 18.1 Å². The van der Waals surface area contributed by atoms with Crippen LogP contribution in [-0.4, -0.2) is 71.5 Å². The fraction of sp³-hybridized carbons (Fsp3) is 0.450. The molecule has 0 saturated carbocycles. The van der Waals surface area contributed by atoms with Crippen molar-refractivity contribution in [3.8, 4) is 0 Å². The van der Waals surface area contributed by atoms with E-state index in [1.165, 1.54) is 6.07 Å². The number of hydrogen-bond acceptors (Lipinski definition) is 5. The number of rotatable bonds is 3. The standard InChI is InChI=1S/C20H24FN5O/c1-3-16-12-26-13-22-18(11-19(26)23-16)24-6-8-25(9-7-24)20(27)15-5-4-14(2)17(21)10-15/h4-5,10-11,13,16H,3,6-9,12H2,1-2H3/t16-/m0/s1. The maximum atomic E-state index is 13.8. The highest BCUT2D eigenvalue weighted by molar-refractivity contribution is 6.03. The second-order valence-electron chi connectivity index (χ2n) is 7.19. The third kappa shape index (κ3) is 3.46. The van der Waals surface area contributed by atoms with E-state index < -0.39 is 0 Å². The summed E-state index contributed by atoms with van der Waals surface area (Å²) in [6.07, 6.45) is 4.91. The third-order valence-electron chi connectivity index (χ3n) is 5.39. The second kappa shape index (κ2) is 7.13. The number of aliphatic imine (C=N–C) groups is 2. The molecule has 27 heavy (non-hydrogen) atoms. The quantitative estimate of drug-likeness (QED) is 0.821. The summed E-state index contributed by atoms with van der Waals surface area (Å²) in [5, 5.41) is 0. The van der Waals surface area contributed by atoms with Crippen LogP contribution in [0.25, 0.3) is 0 Å². The van der Waals surface area contributed by atoms with Gasteiger partial charge in [0.1, 0.15) is 17.5 Å². The van der Waals surface area contributed by atoms with Crippen LogP contribution in [0.1, 0.15) is 29.3 Å². The van der Waals surface area contributed by atoms with E-state index in [2.05, 4.69) is 21.7 Å². The summed E-state index contributed by atoms with van der Waals surface area (Å²) in [5.74, 6) is 1.41. The highest BCUT2D eigenvalue weighted by Gasteiger charge is 2.28. The van der Waals surface area contributed by atoms with Crippen molar-refractivity contribution in [1.82, 2.24) is 14.7 Å². The van der Waals surface area contributed by atoms with Gasteiger partial charge in [0.05, 0.1) is 12.4 Å². The molecule has 6 nitrogen and oxygen atoms in total. The van der Waals surface area contributed by atoms with Gasteiger partial charge in [0, 0.05) is 44.4 Å². The van der Waals surface area contributed by atoms with Gasteiger partial charge in [0.2, 0.25) is 0 Å². The summed E-state index contributed by atoms with van der Waals surface area (Å²) in [6, 6.07) is 5.01. The molecule has 3 heterocycles. The Balaban J connectivity index is 1.40. The molecule has 1 aromatic carbocycles. The number of aryl methyl sites for hydroxylation is 1. The van der Waals surface area contributed by atoms with E-state index >= 15 is 0 Å². The molecule has 1 saturated heterocycles. The van der Waals surface area contributed by atoms with Crippen LogP contribution in [0.2, 0.25) is 0 Å². The Kier molecular flexibility index (Phi) is 4.68. The zero-order valence-electron chi connectivity index (χ0n) is 15.7. The lowest BCUT2D eigenvalue weighted by molar-refractivity contribution is 0.0668. The van der Waals surface area contributed by atoms with Crippen LogP contribution in [0.5, 0.6) is 0 Å². The Morgan fingerprint density at radius 2 is 2.04 bits per heavy atom. The first-order chi connectivity index (χ1) is 13.0. The Hall–Kier alpha value is -2.70. The summed E-state index contributed by atoms with van der Waals surface area (Å²) in [7, 11) is 0. The molecule has 142 valence electrons. The Morgan fingerprint density at radius 1 is 1.26 bits per heavy atom. The highest BCUT2D eigenvalue weighted by Crippen LogP contribution is 2.20. The lowest BCUT2D eigenvalue weighted by Gasteiger charge is -2.37. The maximum Gasteiger partial charge on any atom is 0.254 e. The van der Waals surface area contributed by atoms with E-state index in [0.29, 0.717) is 43.3 Å². The minimum Gasteiger partial charge on any atom is -0.353 e. The van der Waals surface area contributed by atoms with E-state index in [9.17, 15) is 9.18 Å². The van der Waals surface area contributed by atoms with Crippen LogP contribution in [0.3, 0.4) is 0 Å². The smallest absolute Gasteiger partial charge is 0.254 e. The van der Waals surface area contributed by atoms with E-state index in [1.807, 2.05) is 12.4 Å². The molecule has 3 aliphatic rings. The average molecular weight is 369 g/mol. The molecule has 0 spiro atoms. The van der Waals surface area contributed by atoms with Gasteiger partial charge >= 0.3 is 0 Å². The SMILES string of the molecule is CC[C@H]1CN2C=NC(N3CCN(C(=O)c4ccc(C)c(F)c4)CC3)=CC2=N1. The van der Waals surface area contributed by atoms with Crippen molar-refractivity contribution in [3.05, 3.63) is 47.0 Å². The van der Waals surface area contributed by atoms with Crippen molar-refractivity contribution in [2.24, 2.45) is 9.98 Å². The minimum absolute atomic E-state index is 0.119. The summed E-state index contributed by atoms with van der Waals surface area (Å²) in [5.41, 5.74) is 0.954. The third-order valence-corrected chi connectivity index (χ3v) is 5.39. The molecular formula is C20H24FN5O. The molecule has 4 rings (SSSR count). The highest BCUT2D eigenvalue weighted by atomic mass is 19.1. The molecule has 1 aromatic rings. The van der Waals surface area contributed by atoms with Gasteiger partial charge in [-0.15, -0.1) is 0 Å². The first kappa shape index (κ1) is 17.7. The topological polar surface area (TPSA) is 51.5 Å². The van der Waals surface area contributed by atoms with Gasteiger partial charge in [-0.25, -0.2) is 9.38 Å². The predicted molar refractivity (Wildman–Crippen MR) is 103 cm³/mol. The van der Waals surface area contributed by atoms with E-state index in [4.69, 9.17) is 4.99 Å². The molecule has 1 amide bonds. The number of halogens is 1. The summed E-state index contributed by atoms with van der Waals surface area (Å²) < 4.78 is 13.8. The number of nitrogens with zero attached hydrogens (tertiary/aromatic N) is 5. The zero-order valence-corrected chi connectivity index (χ0v) is 15.7. The Morgan fingerprint density at radius 3 is 2.74 bits per heavy atom. The molecule has 3 aliphatic heterocycles. The second-order valence-corrected chi connectivity index (χ2v) is 7.19. The van der Waals surface area contributed by atoms with Gasteiger partial charge in [-0.1, -0.05) is 13.0 Å². The predicted octanol–water partition coefficient (Wildman–Crippen LogP) is 2.27. The number of benzene rings is 1. The number of amidine groups is 1. The molecule has 1 fully saturated rings. The van der Waals surface area contributed by atoms with Gasteiger partial charge in [-0.05, 0) is 31.0 Å². The summed E-state index contributed by atoms with van der Waals surface area (Å²) in [6.45, 7) is 7.32. The monoisotopic (exact) mass is 369 g/mol. The number of amides is 1. The summed E-state index contributed by atoms with van der Waals surface area (Å²) in [4.78, 5) is 28.0. The van der Waals surface area contributed by atoms with E-state index in [-0.39, 0.29) is 11.7 Å². The zero-order chi connectivity index (χ0) is 19.0. The molecule has 1 atom stereocenters. The van der Waals surface area contributed by atoms with Crippen molar-refractivity contribution in [3.63, 3.8) is 0 Å². The van der Waals surface area contributed by atoms with Crippen LogP contribution in [0, 0.1) is 12.7 Å². The first-order valence-corrected chi connectivity index (χ1v) is 9.46. The first-order valence-electron chi connectivity index (χ1n) is 9.46. The lowest BCUT2D eigenvalue weighted by Crippen LogP contribution is -2.48. The van der Waals surface area contributed by atoms with Crippen molar-refractivity contribution in [2.75, 3.05) is 32.7 Å². The van der Waals surface area contributed by atoms with Gasteiger partial charge in [0.25, 0.3) is 5.91 Å². The molecule has 0 radical (unpaired) electrons. The van der Waals surface area contributed by atoms with Crippen LogP contribution < -0.4 is 0 Å². The van der Waals surface area contributed by atoms with E-state index in [0.717, 1.165) is 24.6 Å². The molecule has 0 N–H and O–H groups in total. The molecule has 0 bridgehead atoms. The molecular weight excluding hydrogens is 345 g/mol. The van der Waals surface area contributed by atoms with Crippen LogP contribution >= 0.6 is 0 Å². The summed E-state index contributed by atoms with van der Waals surface area (Å²) >= 11 is 0. The molecule has 7 heteroatoms. The van der Waals surface area contributed by atoms with Gasteiger partial charge < -0.3 is 14.7 Å². The van der Waals surface area contributed by atoms with E-state index in [1.54, 1.807) is 24.0 Å². The number of fused-ring (bicyclic) bond motifs is 1. The van der Waals surface area contributed by atoms with Crippen LogP contribution in [0.4, 0.5) is 4.39 Å². The minimum atomic E-state index is -0.339.